The van der Waals surface area contributed by atoms with Gasteiger partial charge in [0.05, 0.1) is 13.7 Å². The van der Waals surface area contributed by atoms with Crippen LogP contribution in [0.25, 0.3) is 5.57 Å². The molecule has 0 saturated heterocycles. The zero-order valence-electron chi connectivity index (χ0n) is 15.3. The van der Waals surface area contributed by atoms with Gasteiger partial charge in [-0.05, 0) is 60.4 Å². The highest BCUT2D eigenvalue weighted by Gasteiger charge is 2.39. The highest BCUT2D eigenvalue weighted by molar-refractivity contribution is 6.10. The van der Waals surface area contributed by atoms with E-state index < -0.39 is 17.8 Å². The molecule has 0 aromatic heterocycles. The summed E-state index contributed by atoms with van der Waals surface area (Å²) in [6.45, 7) is 1.90. The number of benzene rings is 2. The van der Waals surface area contributed by atoms with Gasteiger partial charge in [-0.2, -0.15) is 0 Å². The zero-order valence-corrected chi connectivity index (χ0v) is 15.3. The molecule has 0 saturated carbocycles. The Morgan fingerprint density at radius 1 is 1.19 bits per heavy atom. The average Bonchev–Trinajstić information content (AvgIpc) is 2.68. The number of methoxy groups -OCH3 is 1. The SMILES string of the molecule is CCOC(=O)C1C(=O)C=C(c2cccc(OC)c2)CC1c1ccc(F)cc1. The Hall–Kier alpha value is -2.95. The van der Waals surface area contributed by atoms with Crippen LogP contribution in [0.15, 0.2) is 54.6 Å². The minimum Gasteiger partial charge on any atom is -0.497 e. The molecule has 0 N–H and O–H groups in total. The van der Waals surface area contributed by atoms with Crippen molar-refractivity contribution in [2.24, 2.45) is 5.92 Å². The molecule has 0 spiro atoms. The zero-order chi connectivity index (χ0) is 19.4. The van der Waals surface area contributed by atoms with E-state index in [4.69, 9.17) is 9.47 Å². The van der Waals surface area contributed by atoms with Crippen molar-refractivity contribution in [2.75, 3.05) is 13.7 Å². The predicted molar refractivity (Wildman–Crippen MR) is 99.9 cm³/mol. The van der Waals surface area contributed by atoms with Crippen LogP contribution < -0.4 is 4.74 Å². The molecular weight excluding hydrogens is 347 g/mol. The first-order valence-corrected chi connectivity index (χ1v) is 8.84. The smallest absolute Gasteiger partial charge is 0.317 e. The van der Waals surface area contributed by atoms with Crippen molar-refractivity contribution in [1.29, 1.82) is 0 Å². The topological polar surface area (TPSA) is 52.6 Å². The van der Waals surface area contributed by atoms with E-state index in [0.717, 1.165) is 16.7 Å². The molecule has 0 radical (unpaired) electrons. The third-order valence-corrected chi connectivity index (χ3v) is 4.74. The molecule has 140 valence electrons. The van der Waals surface area contributed by atoms with Gasteiger partial charge < -0.3 is 9.47 Å². The molecule has 5 heteroatoms. The lowest BCUT2D eigenvalue weighted by Crippen LogP contribution is -2.34. The molecule has 2 atom stereocenters. The number of esters is 1. The summed E-state index contributed by atoms with van der Waals surface area (Å²) in [5.41, 5.74) is 2.40. The van der Waals surface area contributed by atoms with Crippen LogP contribution in [0.3, 0.4) is 0 Å². The van der Waals surface area contributed by atoms with E-state index in [0.29, 0.717) is 12.2 Å². The Morgan fingerprint density at radius 2 is 1.93 bits per heavy atom. The molecule has 0 fully saturated rings. The third kappa shape index (κ3) is 4.08. The van der Waals surface area contributed by atoms with Crippen molar-refractivity contribution < 1.29 is 23.5 Å². The van der Waals surface area contributed by atoms with Gasteiger partial charge in [-0.1, -0.05) is 24.3 Å². The molecule has 0 amide bonds. The van der Waals surface area contributed by atoms with Crippen LogP contribution in [-0.2, 0) is 14.3 Å². The number of carbonyl (C=O) groups is 2. The molecule has 0 bridgehead atoms. The molecule has 1 aliphatic carbocycles. The number of hydrogen-bond acceptors (Lipinski definition) is 4. The van der Waals surface area contributed by atoms with Crippen molar-refractivity contribution >= 4 is 17.3 Å². The Kier molecular flexibility index (Phi) is 5.69. The Bertz CT molecular complexity index is 870. The van der Waals surface area contributed by atoms with Crippen LogP contribution in [0.4, 0.5) is 4.39 Å². The van der Waals surface area contributed by atoms with Gasteiger partial charge in [0.15, 0.2) is 5.78 Å². The fraction of sp³-hybridized carbons (Fsp3) is 0.273. The van der Waals surface area contributed by atoms with Crippen LogP contribution in [-0.4, -0.2) is 25.5 Å². The summed E-state index contributed by atoms with van der Waals surface area (Å²) >= 11 is 0. The molecule has 2 aromatic carbocycles. The Morgan fingerprint density at radius 3 is 2.59 bits per heavy atom. The maximum Gasteiger partial charge on any atom is 0.317 e. The third-order valence-electron chi connectivity index (χ3n) is 4.74. The van der Waals surface area contributed by atoms with Crippen molar-refractivity contribution in [1.82, 2.24) is 0 Å². The second kappa shape index (κ2) is 8.16. The highest BCUT2D eigenvalue weighted by Crippen LogP contribution is 2.40. The number of rotatable bonds is 5. The maximum atomic E-state index is 13.3. The normalized spacial score (nSPS) is 19.4. The summed E-state index contributed by atoms with van der Waals surface area (Å²) in [5.74, 6) is -1.86. The van der Waals surface area contributed by atoms with Crippen LogP contribution in [0.5, 0.6) is 5.75 Å². The van der Waals surface area contributed by atoms with E-state index in [1.807, 2.05) is 24.3 Å². The maximum absolute atomic E-state index is 13.3. The molecule has 0 heterocycles. The summed E-state index contributed by atoms with van der Waals surface area (Å²) in [6.07, 6.45) is 1.98. The number of carbonyl (C=O) groups excluding carboxylic acids is 2. The Labute approximate surface area is 157 Å². The lowest BCUT2D eigenvalue weighted by atomic mass is 9.73. The second-order valence-corrected chi connectivity index (χ2v) is 6.40. The van der Waals surface area contributed by atoms with E-state index in [1.54, 1.807) is 26.2 Å². The lowest BCUT2D eigenvalue weighted by Gasteiger charge is -2.29. The molecule has 2 unspecified atom stereocenters. The average molecular weight is 368 g/mol. The molecule has 27 heavy (non-hydrogen) atoms. The van der Waals surface area contributed by atoms with Gasteiger partial charge >= 0.3 is 5.97 Å². The fourth-order valence-corrected chi connectivity index (χ4v) is 3.43. The first kappa shape index (κ1) is 18.8. The van der Waals surface area contributed by atoms with Crippen LogP contribution in [0.2, 0.25) is 0 Å². The van der Waals surface area contributed by atoms with E-state index in [2.05, 4.69) is 0 Å². The van der Waals surface area contributed by atoms with Crippen LogP contribution in [0, 0.1) is 11.7 Å². The summed E-state index contributed by atoms with van der Waals surface area (Å²) in [4.78, 5) is 25.3. The van der Waals surface area contributed by atoms with E-state index >= 15 is 0 Å². The van der Waals surface area contributed by atoms with Gasteiger partial charge in [0.2, 0.25) is 0 Å². The molecule has 4 nitrogen and oxygen atoms in total. The van der Waals surface area contributed by atoms with E-state index in [1.165, 1.54) is 18.2 Å². The summed E-state index contributed by atoms with van der Waals surface area (Å²) in [5, 5.41) is 0. The number of ketones is 1. The van der Waals surface area contributed by atoms with Gasteiger partial charge in [-0.3, -0.25) is 9.59 Å². The lowest BCUT2D eigenvalue weighted by molar-refractivity contribution is -0.151. The minimum atomic E-state index is -0.926. The van der Waals surface area contributed by atoms with Gasteiger partial charge in [0.1, 0.15) is 17.5 Å². The van der Waals surface area contributed by atoms with E-state index in [-0.39, 0.29) is 18.2 Å². The molecular formula is C22H21FO4. The summed E-state index contributed by atoms with van der Waals surface area (Å²) in [6, 6.07) is 13.3. The van der Waals surface area contributed by atoms with Crippen molar-refractivity contribution in [3.8, 4) is 5.75 Å². The number of halogens is 1. The predicted octanol–water partition coefficient (Wildman–Crippen LogP) is 4.15. The van der Waals surface area contributed by atoms with E-state index in [9.17, 15) is 14.0 Å². The monoisotopic (exact) mass is 368 g/mol. The summed E-state index contributed by atoms with van der Waals surface area (Å²) in [7, 11) is 1.58. The van der Waals surface area contributed by atoms with Crippen molar-refractivity contribution in [3.05, 3.63) is 71.6 Å². The molecule has 1 aliphatic rings. The fourth-order valence-electron chi connectivity index (χ4n) is 3.43. The highest BCUT2D eigenvalue weighted by atomic mass is 19.1. The quantitative estimate of drug-likeness (QED) is 0.588. The standard InChI is InChI=1S/C22H21FO4/c1-3-27-22(25)21-19(14-7-9-17(23)10-8-14)12-16(13-20(21)24)15-5-4-6-18(11-15)26-2/h4-11,13,19,21H,3,12H2,1-2H3. The van der Waals surface area contributed by atoms with Crippen LogP contribution >= 0.6 is 0 Å². The number of allylic oxidation sites excluding steroid dienone is 2. The van der Waals surface area contributed by atoms with Gasteiger partial charge in [0, 0.05) is 5.92 Å². The molecule has 2 aromatic rings. The summed E-state index contributed by atoms with van der Waals surface area (Å²) < 4.78 is 23.7. The van der Waals surface area contributed by atoms with Crippen LogP contribution in [0.1, 0.15) is 30.4 Å². The first-order valence-electron chi connectivity index (χ1n) is 8.84. The van der Waals surface area contributed by atoms with Crippen molar-refractivity contribution in [3.63, 3.8) is 0 Å². The van der Waals surface area contributed by atoms with Crippen molar-refractivity contribution in [2.45, 2.75) is 19.3 Å². The molecule has 3 rings (SSSR count). The van der Waals surface area contributed by atoms with Gasteiger partial charge in [-0.25, -0.2) is 4.39 Å². The number of ether oxygens (including phenoxy) is 2. The Balaban J connectivity index is 2.02. The first-order chi connectivity index (χ1) is 13.0. The molecule has 0 aliphatic heterocycles. The van der Waals surface area contributed by atoms with Gasteiger partial charge in [-0.15, -0.1) is 0 Å². The number of hydrogen-bond donors (Lipinski definition) is 0. The minimum absolute atomic E-state index is 0.200. The van der Waals surface area contributed by atoms with Gasteiger partial charge in [0.25, 0.3) is 0 Å². The second-order valence-electron chi connectivity index (χ2n) is 6.40. The largest absolute Gasteiger partial charge is 0.497 e.